The van der Waals surface area contributed by atoms with Gasteiger partial charge in [-0.25, -0.2) is 4.79 Å². The second-order valence-corrected chi connectivity index (χ2v) is 4.73. The number of carbonyl (C=O) groups excluding carboxylic acids is 1. The van der Waals surface area contributed by atoms with Crippen LogP contribution in [-0.4, -0.2) is 19.7 Å². The van der Waals surface area contributed by atoms with E-state index in [-0.39, 0.29) is 12.6 Å². The molecule has 0 aliphatic carbocycles. The number of methoxy groups -OCH3 is 1. The van der Waals surface area contributed by atoms with E-state index >= 15 is 0 Å². The molecule has 0 amide bonds. The van der Waals surface area contributed by atoms with Crippen LogP contribution in [0.1, 0.15) is 35.3 Å². The van der Waals surface area contributed by atoms with E-state index in [4.69, 9.17) is 14.2 Å². The van der Waals surface area contributed by atoms with E-state index in [1.807, 2.05) is 26.8 Å². The molecule has 1 aromatic rings. The van der Waals surface area contributed by atoms with Crippen LogP contribution in [-0.2, 0) is 11.3 Å². The summed E-state index contributed by atoms with van der Waals surface area (Å²) in [5, 5.41) is 0. The third-order valence-corrected chi connectivity index (χ3v) is 3.09. The van der Waals surface area contributed by atoms with Crippen LogP contribution in [0.2, 0.25) is 0 Å². The maximum atomic E-state index is 11.6. The Morgan fingerprint density at radius 2 is 2.21 bits per heavy atom. The van der Waals surface area contributed by atoms with Crippen molar-refractivity contribution in [2.75, 3.05) is 13.7 Å². The summed E-state index contributed by atoms with van der Waals surface area (Å²) in [4.78, 5) is 11.6. The molecule has 0 spiro atoms. The predicted octanol–water partition coefficient (Wildman–Crippen LogP) is 3.02. The molecular weight excluding hydrogens is 244 g/mol. The molecule has 19 heavy (non-hydrogen) atoms. The molecule has 0 bridgehead atoms. The van der Waals surface area contributed by atoms with E-state index in [1.54, 1.807) is 13.2 Å². The molecule has 0 unspecified atom stereocenters. The van der Waals surface area contributed by atoms with Gasteiger partial charge < -0.3 is 14.2 Å². The van der Waals surface area contributed by atoms with Gasteiger partial charge in [-0.2, -0.15) is 0 Å². The molecule has 0 atom stereocenters. The summed E-state index contributed by atoms with van der Waals surface area (Å²) in [6.45, 7) is 6.68. The normalized spacial score (nSPS) is 12.7. The molecular formula is C15H18O4. The zero-order chi connectivity index (χ0) is 14.0. The molecule has 0 saturated carbocycles. The van der Waals surface area contributed by atoms with E-state index in [0.717, 1.165) is 11.1 Å². The van der Waals surface area contributed by atoms with Gasteiger partial charge in [0.05, 0.1) is 12.7 Å². The van der Waals surface area contributed by atoms with Gasteiger partial charge in [-0.05, 0) is 32.9 Å². The first-order chi connectivity index (χ1) is 9.04. The highest BCUT2D eigenvalue weighted by Crippen LogP contribution is 2.38. The van der Waals surface area contributed by atoms with Gasteiger partial charge in [-0.15, -0.1) is 0 Å². The molecule has 4 heteroatoms. The Hall–Kier alpha value is -1.97. The van der Waals surface area contributed by atoms with E-state index in [9.17, 15) is 4.79 Å². The monoisotopic (exact) mass is 262 g/mol. The summed E-state index contributed by atoms with van der Waals surface area (Å²) < 4.78 is 16.1. The Morgan fingerprint density at radius 3 is 2.84 bits per heavy atom. The van der Waals surface area contributed by atoms with Crippen LogP contribution in [0.15, 0.2) is 17.7 Å². The Bertz CT molecular complexity index is 540. The Morgan fingerprint density at radius 1 is 1.47 bits per heavy atom. The van der Waals surface area contributed by atoms with Crippen molar-refractivity contribution < 1.29 is 19.0 Å². The number of ether oxygens (including phenoxy) is 3. The number of hydrogen-bond acceptors (Lipinski definition) is 4. The minimum absolute atomic E-state index is 0.270. The number of carbonyl (C=O) groups is 1. The van der Waals surface area contributed by atoms with Crippen molar-refractivity contribution in [3.05, 3.63) is 34.4 Å². The van der Waals surface area contributed by atoms with Crippen molar-refractivity contribution >= 4 is 5.97 Å². The van der Waals surface area contributed by atoms with Crippen molar-refractivity contribution in [3.8, 4) is 11.5 Å². The van der Waals surface area contributed by atoms with Crippen molar-refractivity contribution in [3.63, 3.8) is 0 Å². The summed E-state index contributed by atoms with van der Waals surface area (Å²) in [7, 11) is 1.59. The first-order valence-corrected chi connectivity index (χ1v) is 6.18. The molecule has 4 nitrogen and oxygen atoms in total. The van der Waals surface area contributed by atoms with Crippen molar-refractivity contribution in [2.24, 2.45) is 0 Å². The maximum Gasteiger partial charge on any atom is 0.339 e. The fourth-order valence-corrected chi connectivity index (χ4v) is 2.05. The third-order valence-electron chi connectivity index (χ3n) is 3.09. The van der Waals surface area contributed by atoms with E-state index < -0.39 is 0 Å². The van der Waals surface area contributed by atoms with Gasteiger partial charge in [0.2, 0.25) is 0 Å². The zero-order valence-electron chi connectivity index (χ0n) is 11.7. The molecule has 102 valence electrons. The first kappa shape index (κ1) is 13.5. The van der Waals surface area contributed by atoms with Crippen LogP contribution in [0.25, 0.3) is 0 Å². The van der Waals surface area contributed by atoms with E-state index in [2.05, 4.69) is 0 Å². The van der Waals surface area contributed by atoms with Crippen LogP contribution < -0.4 is 9.47 Å². The lowest BCUT2D eigenvalue weighted by Gasteiger charge is -2.14. The van der Waals surface area contributed by atoms with E-state index in [1.165, 1.54) is 5.57 Å². The summed E-state index contributed by atoms with van der Waals surface area (Å²) in [6, 6.07) is 1.74. The standard InChI is InChI=1S/C15H18O4/c1-9(2)5-6-18-13-7-11-12(8-19-15(11)16)14(17-4)10(13)3/h5,7H,6,8H2,1-4H3. The largest absolute Gasteiger partial charge is 0.496 e. The smallest absolute Gasteiger partial charge is 0.339 e. The van der Waals surface area contributed by atoms with Gasteiger partial charge in [0.25, 0.3) is 0 Å². The molecule has 0 fully saturated rings. The Balaban J connectivity index is 2.37. The lowest BCUT2D eigenvalue weighted by atomic mass is 10.0. The summed E-state index contributed by atoms with van der Waals surface area (Å²) in [6.07, 6.45) is 1.98. The Kier molecular flexibility index (Phi) is 3.79. The van der Waals surface area contributed by atoms with Crippen LogP contribution in [0.3, 0.4) is 0 Å². The number of fused-ring (bicyclic) bond motifs is 1. The van der Waals surface area contributed by atoms with Gasteiger partial charge in [-0.3, -0.25) is 0 Å². The molecule has 0 radical (unpaired) electrons. The topological polar surface area (TPSA) is 44.8 Å². The molecule has 0 saturated heterocycles. The van der Waals surface area contributed by atoms with Gasteiger partial charge in [-0.1, -0.05) is 5.57 Å². The lowest BCUT2D eigenvalue weighted by Crippen LogP contribution is -2.02. The molecule has 2 rings (SSSR count). The van der Waals surface area contributed by atoms with Gasteiger partial charge in [0.15, 0.2) is 0 Å². The average Bonchev–Trinajstić information content (AvgIpc) is 2.71. The van der Waals surface area contributed by atoms with Gasteiger partial charge >= 0.3 is 5.97 Å². The van der Waals surface area contributed by atoms with Crippen molar-refractivity contribution in [1.29, 1.82) is 0 Å². The first-order valence-electron chi connectivity index (χ1n) is 6.18. The fourth-order valence-electron chi connectivity index (χ4n) is 2.05. The second kappa shape index (κ2) is 5.34. The summed E-state index contributed by atoms with van der Waals surface area (Å²) in [5.74, 6) is 1.02. The predicted molar refractivity (Wildman–Crippen MR) is 71.8 cm³/mol. The summed E-state index contributed by atoms with van der Waals surface area (Å²) >= 11 is 0. The highest BCUT2D eigenvalue weighted by Gasteiger charge is 2.28. The molecule has 0 N–H and O–H groups in total. The van der Waals surface area contributed by atoms with E-state index in [0.29, 0.717) is 23.7 Å². The number of benzene rings is 1. The number of cyclic esters (lactones) is 1. The summed E-state index contributed by atoms with van der Waals surface area (Å²) in [5.41, 5.74) is 3.42. The van der Waals surface area contributed by atoms with Gasteiger partial charge in [0, 0.05) is 11.1 Å². The van der Waals surface area contributed by atoms with Crippen LogP contribution in [0.5, 0.6) is 11.5 Å². The highest BCUT2D eigenvalue weighted by molar-refractivity contribution is 5.95. The number of allylic oxidation sites excluding steroid dienone is 1. The lowest BCUT2D eigenvalue weighted by molar-refractivity contribution is 0.0534. The Labute approximate surface area is 113 Å². The minimum atomic E-state index is -0.319. The quantitative estimate of drug-likeness (QED) is 0.618. The van der Waals surface area contributed by atoms with Crippen LogP contribution in [0, 0.1) is 6.92 Å². The fraction of sp³-hybridized carbons (Fsp3) is 0.400. The number of esters is 1. The molecule has 0 aromatic heterocycles. The van der Waals surface area contributed by atoms with Crippen LogP contribution in [0.4, 0.5) is 0 Å². The van der Waals surface area contributed by atoms with Crippen LogP contribution >= 0.6 is 0 Å². The zero-order valence-corrected chi connectivity index (χ0v) is 11.7. The maximum absolute atomic E-state index is 11.6. The second-order valence-electron chi connectivity index (χ2n) is 4.73. The minimum Gasteiger partial charge on any atom is -0.496 e. The van der Waals surface area contributed by atoms with Crippen molar-refractivity contribution in [1.82, 2.24) is 0 Å². The highest BCUT2D eigenvalue weighted by atomic mass is 16.5. The number of hydrogen-bond donors (Lipinski definition) is 0. The van der Waals surface area contributed by atoms with Crippen molar-refractivity contribution in [2.45, 2.75) is 27.4 Å². The third kappa shape index (κ3) is 2.57. The molecule has 1 aliphatic rings. The molecule has 1 aliphatic heterocycles. The number of rotatable bonds is 4. The average molecular weight is 262 g/mol. The SMILES string of the molecule is COc1c(C)c(OCC=C(C)C)cc2c1COC2=O. The van der Waals surface area contributed by atoms with Gasteiger partial charge in [0.1, 0.15) is 24.7 Å². The molecule has 1 aromatic carbocycles. The molecule has 1 heterocycles.